The number of ether oxygens (including phenoxy) is 2. The fourth-order valence-electron chi connectivity index (χ4n) is 2.93. The summed E-state index contributed by atoms with van der Waals surface area (Å²) in [7, 11) is 1.21. The number of nitrogens with one attached hydrogen (secondary N) is 1. The van der Waals surface area contributed by atoms with Crippen LogP contribution in [0, 0.1) is 0 Å². The largest absolute Gasteiger partial charge is 0.479 e. The van der Waals surface area contributed by atoms with E-state index in [4.69, 9.17) is 27.9 Å². The number of benzene rings is 2. The molecule has 166 valence electrons. The topological polar surface area (TPSA) is 102 Å². The number of carbonyl (C=O) groups is 4. The second-order valence-electron chi connectivity index (χ2n) is 6.66. The van der Waals surface area contributed by atoms with E-state index < -0.39 is 30.4 Å². The quantitative estimate of drug-likeness (QED) is 0.386. The molecule has 3 rings (SSSR count). The van der Waals surface area contributed by atoms with Gasteiger partial charge in [-0.05, 0) is 47.9 Å². The molecule has 0 aliphatic carbocycles. The lowest BCUT2D eigenvalue weighted by Gasteiger charge is -2.26. The van der Waals surface area contributed by atoms with Gasteiger partial charge in [-0.2, -0.15) is 0 Å². The average Bonchev–Trinajstić information content (AvgIpc) is 2.76. The molecule has 32 heavy (non-hydrogen) atoms. The molecule has 0 unspecified atom stereocenters. The zero-order valence-corrected chi connectivity index (χ0v) is 18.6. The number of barbiturate groups is 1. The smallest absolute Gasteiger partial charge is 0.343 e. The van der Waals surface area contributed by atoms with E-state index in [0.29, 0.717) is 11.3 Å². The Labute approximate surface area is 193 Å². The molecule has 0 aromatic heterocycles. The number of halogens is 2. The minimum absolute atomic E-state index is 0.0492. The van der Waals surface area contributed by atoms with Gasteiger partial charge < -0.3 is 9.47 Å². The van der Waals surface area contributed by atoms with E-state index in [9.17, 15) is 19.2 Å². The zero-order chi connectivity index (χ0) is 23.4. The van der Waals surface area contributed by atoms with Crippen LogP contribution in [0.15, 0.2) is 42.0 Å². The van der Waals surface area contributed by atoms with E-state index >= 15 is 0 Å². The Balaban J connectivity index is 1.92. The summed E-state index contributed by atoms with van der Waals surface area (Å²) in [6.07, 6.45) is 2.06. The van der Waals surface area contributed by atoms with Crippen LogP contribution in [0.2, 0.25) is 10.0 Å². The first-order chi connectivity index (χ1) is 15.2. The summed E-state index contributed by atoms with van der Waals surface area (Å²) in [5.74, 6) is -2.21. The minimum Gasteiger partial charge on any atom is -0.479 e. The molecular weight excluding hydrogens is 459 g/mol. The van der Waals surface area contributed by atoms with Crippen LogP contribution in [0.1, 0.15) is 18.1 Å². The van der Waals surface area contributed by atoms with Gasteiger partial charge >= 0.3 is 12.0 Å². The van der Waals surface area contributed by atoms with Crippen LogP contribution in [0.25, 0.3) is 6.08 Å². The van der Waals surface area contributed by atoms with E-state index in [1.54, 1.807) is 24.3 Å². The molecule has 0 saturated carbocycles. The first kappa shape index (κ1) is 23.3. The first-order valence-electron chi connectivity index (χ1n) is 9.44. The Hall–Kier alpha value is -3.36. The van der Waals surface area contributed by atoms with Gasteiger partial charge in [0.15, 0.2) is 12.4 Å². The maximum Gasteiger partial charge on any atom is 0.343 e. The van der Waals surface area contributed by atoms with Gasteiger partial charge in [-0.15, -0.1) is 0 Å². The van der Waals surface area contributed by atoms with E-state index in [1.165, 1.54) is 25.3 Å². The third-order valence-corrected chi connectivity index (χ3v) is 5.16. The molecule has 4 amide bonds. The second-order valence-corrected chi connectivity index (χ2v) is 7.47. The third kappa shape index (κ3) is 4.92. The summed E-state index contributed by atoms with van der Waals surface area (Å²) < 4.78 is 9.75. The molecule has 0 atom stereocenters. The van der Waals surface area contributed by atoms with Crippen LogP contribution >= 0.6 is 23.2 Å². The molecule has 1 aliphatic heterocycles. The fourth-order valence-corrected chi connectivity index (χ4v) is 3.54. The molecule has 2 aromatic rings. The Morgan fingerprint density at radius 3 is 2.28 bits per heavy atom. The number of esters is 1. The van der Waals surface area contributed by atoms with Crippen LogP contribution in [0.3, 0.4) is 0 Å². The van der Waals surface area contributed by atoms with Gasteiger partial charge in [-0.3, -0.25) is 14.9 Å². The number of carbonyl (C=O) groups excluding carboxylic acids is 4. The Kier molecular flexibility index (Phi) is 7.17. The monoisotopic (exact) mass is 476 g/mol. The Morgan fingerprint density at radius 2 is 1.72 bits per heavy atom. The predicted octanol–water partition coefficient (Wildman–Crippen LogP) is 3.77. The number of hydrogen-bond acceptors (Lipinski definition) is 6. The highest BCUT2D eigenvalue weighted by atomic mass is 35.5. The number of amides is 4. The summed E-state index contributed by atoms with van der Waals surface area (Å²) in [5.41, 5.74) is 1.40. The van der Waals surface area contributed by atoms with Crippen LogP contribution in [0.5, 0.6) is 5.75 Å². The summed E-state index contributed by atoms with van der Waals surface area (Å²) in [4.78, 5) is 49.8. The van der Waals surface area contributed by atoms with E-state index in [1.807, 2.05) is 6.92 Å². The molecule has 0 bridgehead atoms. The van der Waals surface area contributed by atoms with Gasteiger partial charge in [0, 0.05) is 0 Å². The van der Waals surface area contributed by atoms with Crippen molar-refractivity contribution in [3.63, 3.8) is 0 Å². The standard InChI is InChI=1S/C22H18Cl2N2O6/c1-3-12-4-6-14(7-5-12)26-21(29)15(20(28)25-22(26)30)8-13-9-16(23)19(17(24)10-13)32-11-18(27)31-2/h4-10H,3,11H2,1-2H3,(H,25,28,30)/b15-8-. The highest BCUT2D eigenvalue weighted by molar-refractivity contribution is 6.40. The van der Waals surface area contributed by atoms with Crippen molar-refractivity contribution in [1.82, 2.24) is 5.32 Å². The van der Waals surface area contributed by atoms with Gasteiger partial charge in [0.25, 0.3) is 11.8 Å². The lowest BCUT2D eigenvalue weighted by molar-refractivity contribution is -0.143. The lowest BCUT2D eigenvalue weighted by atomic mass is 10.1. The fraction of sp³-hybridized carbons (Fsp3) is 0.182. The van der Waals surface area contributed by atoms with Crippen LogP contribution in [0.4, 0.5) is 10.5 Å². The summed E-state index contributed by atoms with van der Waals surface area (Å²) in [6, 6.07) is 8.82. The molecule has 1 aliphatic rings. The number of anilines is 1. The molecular formula is C22H18Cl2N2O6. The van der Waals surface area contributed by atoms with Crippen molar-refractivity contribution in [1.29, 1.82) is 0 Å². The minimum atomic E-state index is -0.848. The van der Waals surface area contributed by atoms with Crippen molar-refractivity contribution in [2.45, 2.75) is 13.3 Å². The number of aryl methyl sites for hydroxylation is 1. The zero-order valence-electron chi connectivity index (χ0n) is 17.1. The van der Waals surface area contributed by atoms with E-state index in [2.05, 4.69) is 10.1 Å². The molecule has 0 radical (unpaired) electrons. The molecule has 8 nitrogen and oxygen atoms in total. The van der Waals surface area contributed by atoms with Crippen molar-refractivity contribution in [3.8, 4) is 5.75 Å². The number of rotatable bonds is 6. The number of urea groups is 1. The highest BCUT2D eigenvalue weighted by Crippen LogP contribution is 2.35. The number of nitrogens with zero attached hydrogens (tertiary/aromatic N) is 1. The molecule has 1 fully saturated rings. The molecule has 0 spiro atoms. The normalized spacial score (nSPS) is 15.1. The SMILES string of the molecule is CCc1ccc(N2C(=O)NC(=O)/C(=C/c3cc(Cl)c(OCC(=O)OC)c(Cl)c3)C2=O)cc1. The van der Waals surface area contributed by atoms with Crippen molar-refractivity contribution >= 4 is 58.8 Å². The molecule has 1 N–H and O–H groups in total. The summed E-state index contributed by atoms with van der Waals surface area (Å²) >= 11 is 12.4. The molecule has 1 heterocycles. The van der Waals surface area contributed by atoms with E-state index in [0.717, 1.165) is 16.9 Å². The van der Waals surface area contributed by atoms with E-state index in [-0.39, 0.29) is 21.4 Å². The van der Waals surface area contributed by atoms with Crippen molar-refractivity contribution in [2.75, 3.05) is 18.6 Å². The Bertz CT molecular complexity index is 1100. The van der Waals surface area contributed by atoms with Gasteiger partial charge in [-0.1, -0.05) is 42.3 Å². The van der Waals surface area contributed by atoms with Gasteiger partial charge in [0.05, 0.1) is 22.8 Å². The molecule has 2 aromatic carbocycles. The third-order valence-electron chi connectivity index (χ3n) is 4.60. The average molecular weight is 477 g/mol. The number of imide groups is 2. The number of hydrogen-bond donors (Lipinski definition) is 1. The summed E-state index contributed by atoms with van der Waals surface area (Å²) in [5, 5.41) is 2.27. The van der Waals surface area contributed by atoms with Crippen molar-refractivity contribution < 1.29 is 28.7 Å². The van der Waals surface area contributed by atoms with Gasteiger partial charge in [-0.25, -0.2) is 14.5 Å². The predicted molar refractivity (Wildman–Crippen MR) is 119 cm³/mol. The first-order valence-corrected chi connectivity index (χ1v) is 10.2. The lowest BCUT2D eigenvalue weighted by Crippen LogP contribution is -2.54. The van der Waals surface area contributed by atoms with Gasteiger partial charge in [0.2, 0.25) is 0 Å². The number of methoxy groups -OCH3 is 1. The highest BCUT2D eigenvalue weighted by Gasteiger charge is 2.36. The Morgan fingerprint density at radius 1 is 1.09 bits per heavy atom. The summed E-state index contributed by atoms with van der Waals surface area (Å²) in [6.45, 7) is 1.58. The second kappa shape index (κ2) is 9.84. The maximum atomic E-state index is 13.0. The van der Waals surface area contributed by atoms with Crippen molar-refractivity contribution in [3.05, 3.63) is 63.1 Å². The van der Waals surface area contributed by atoms with Gasteiger partial charge in [0.1, 0.15) is 5.57 Å². The van der Waals surface area contributed by atoms with Crippen LogP contribution < -0.4 is 15.0 Å². The van der Waals surface area contributed by atoms with Crippen LogP contribution in [-0.2, 0) is 25.5 Å². The molecule has 10 heteroatoms. The maximum absolute atomic E-state index is 13.0. The van der Waals surface area contributed by atoms with Crippen LogP contribution in [-0.4, -0.2) is 37.5 Å². The molecule has 1 saturated heterocycles. The van der Waals surface area contributed by atoms with Crippen molar-refractivity contribution in [2.24, 2.45) is 0 Å².